The fraction of sp³-hybridized carbons (Fsp3) is 0.588. The van der Waals surface area contributed by atoms with Crippen LogP contribution in [-0.2, 0) is 16.0 Å². The van der Waals surface area contributed by atoms with Gasteiger partial charge in [0.15, 0.2) is 0 Å². The van der Waals surface area contributed by atoms with Gasteiger partial charge in [-0.25, -0.2) is 4.39 Å². The summed E-state index contributed by atoms with van der Waals surface area (Å²) in [6.45, 7) is 8.09. The number of benzene rings is 1. The molecule has 0 amide bonds. The van der Waals surface area contributed by atoms with Crippen molar-refractivity contribution in [1.29, 1.82) is 0 Å². The van der Waals surface area contributed by atoms with Crippen LogP contribution in [-0.4, -0.2) is 25.2 Å². The monoisotopic (exact) mass is 329 g/mol. The minimum atomic E-state index is -0.318. The van der Waals surface area contributed by atoms with Gasteiger partial charge in [-0.15, -0.1) is 0 Å². The van der Waals surface area contributed by atoms with Crippen LogP contribution in [0.1, 0.15) is 39.2 Å². The summed E-state index contributed by atoms with van der Waals surface area (Å²) in [6.07, 6.45) is 3.34. The minimum absolute atomic E-state index is 0.212. The van der Waals surface area contributed by atoms with Gasteiger partial charge in [-0.1, -0.05) is 17.7 Å². The van der Waals surface area contributed by atoms with Crippen molar-refractivity contribution in [3.63, 3.8) is 0 Å². The molecule has 0 saturated carbocycles. The smallest absolute Gasteiger partial charge is 0.293 e. The van der Waals surface area contributed by atoms with Gasteiger partial charge in [-0.05, 0) is 76.7 Å². The molecule has 1 fully saturated rings. The minimum Gasteiger partial charge on any atom is -0.462 e. The second kappa shape index (κ2) is 9.11. The Morgan fingerprint density at radius 3 is 2.45 bits per heavy atom. The average molecular weight is 330 g/mol. The van der Waals surface area contributed by atoms with E-state index in [1.807, 2.05) is 26.8 Å². The highest BCUT2D eigenvalue weighted by molar-refractivity contribution is 6.30. The van der Waals surface area contributed by atoms with E-state index < -0.39 is 0 Å². The van der Waals surface area contributed by atoms with Crippen molar-refractivity contribution in [1.82, 2.24) is 5.32 Å². The zero-order valence-electron chi connectivity index (χ0n) is 13.5. The van der Waals surface area contributed by atoms with Gasteiger partial charge in [0.25, 0.3) is 6.47 Å². The molecule has 0 unspecified atom stereocenters. The van der Waals surface area contributed by atoms with Crippen LogP contribution in [0, 0.1) is 11.7 Å². The van der Waals surface area contributed by atoms with E-state index in [2.05, 4.69) is 10.1 Å². The van der Waals surface area contributed by atoms with Gasteiger partial charge < -0.3 is 10.1 Å². The van der Waals surface area contributed by atoms with Crippen molar-refractivity contribution in [2.45, 2.75) is 45.6 Å². The molecule has 3 nitrogen and oxygen atoms in total. The Balaban J connectivity index is 0.000000295. The quantitative estimate of drug-likeness (QED) is 0.852. The average Bonchev–Trinajstić information content (AvgIpc) is 2.43. The van der Waals surface area contributed by atoms with E-state index in [9.17, 15) is 9.18 Å². The van der Waals surface area contributed by atoms with E-state index in [0.29, 0.717) is 12.4 Å². The van der Waals surface area contributed by atoms with Crippen molar-refractivity contribution in [3.8, 4) is 0 Å². The van der Waals surface area contributed by atoms with Crippen LogP contribution in [0.3, 0.4) is 0 Å². The van der Waals surface area contributed by atoms with Gasteiger partial charge in [0.2, 0.25) is 0 Å². The van der Waals surface area contributed by atoms with Crippen LogP contribution in [0.15, 0.2) is 18.2 Å². The number of halogens is 2. The van der Waals surface area contributed by atoms with Crippen LogP contribution in [0.2, 0.25) is 5.02 Å². The van der Waals surface area contributed by atoms with Crippen molar-refractivity contribution in [3.05, 3.63) is 34.6 Å². The lowest BCUT2D eigenvalue weighted by atomic mass is 9.91. The molecule has 22 heavy (non-hydrogen) atoms. The van der Waals surface area contributed by atoms with Gasteiger partial charge >= 0.3 is 0 Å². The highest BCUT2D eigenvalue weighted by Gasteiger charge is 2.14. The zero-order valence-corrected chi connectivity index (χ0v) is 14.3. The zero-order chi connectivity index (χ0) is 16.6. The summed E-state index contributed by atoms with van der Waals surface area (Å²) >= 11 is 5.64. The molecule has 1 aliphatic heterocycles. The third kappa shape index (κ3) is 7.76. The second-order valence-electron chi connectivity index (χ2n) is 6.47. The summed E-state index contributed by atoms with van der Waals surface area (Å²) < 4.78 is 17.7. The van der Waals surface area contributed by atoms with E-state index in [1.54, 1.807) is 12.1 Å². The number of hydrogen-bond donors (Lipinski definition) is 1. The standard InChI is InChI=1S/C12H15ClFN.C5H10O2/c13-11-2-1-10(8-12(11)14)7-9-3-5-15-6-4-9;1-5(2,3)7-4-6/h1-2,8-9,15H,3-7H2;4H,1-3H3. The first-order valence-corrected chi connectivity index (χ1v) is 7.95. The molecular formula is C17H25ClFNO2. The van der Waals surface area contributed by atoms with Gasteiger partial charge in [-0.3, -0.25) is 4.79 Å². The van der Waals surface area contributed by atoms with Gasteiger partial charge in [0.05, 0.1) is 5.02 Å². The predicted octanol–water partition coefficient (Wildman–Crippen LogP) is 3.98. The molecule has 0 aliphatic carbocycles. The Kier molecular flexibility index (Phi) is 7.83. The third-order valence-electron chi connectivity index (χ3n) is 3.37. The van der Waals surface area contributed by atoms with E-state index >= 15 is 0 Å². The molecule has 1 N–H and O–H groups in total. The number of carbonyl (C=O) groups excluding carboxylic acids is 1. The topological polar surface area (TPSA) is 38.3 Å². The molecule has 124 valence electrons. The molecule has 0 aromatic heterocycles. The second-order valence-corrected chi connectivity index (χ2v) is 6.88. The maximum atomic E-state index is 13.2. The van der Waals surface area contributed by atoms with Crippen molar-refractivity contribution >= 4 is 18.1 Å². The molecule has 1 saturated heterocycles. The maximum absolute atomic E-state index is 13.2. The molecule has 1 aromatic rings. The van der Waals surface area contributed by atoms with E-state index in [0.717, 1.165) is 25.1 Å². The lowest BCUT2D eigenvalue weighted by Crippen LogP contribution is -2.28. The lowest BCUT2D eigenvalue weighted by molar-refractivity contribution is -0.138. The van der Waals surface area contributed by atoms with Crippen LogP contribution < -0.4 is 5.32 Å². The molecule has 0 radical (unpaired) electrons. The van der Waals surface area contributed by atoms with Gasteiger partial charge in [-0.2, -0.15) is 0 Å². The third-order valence-corrected chi connectivity index (χ3v) is 3.68. The summed E-state index contributed by atoms with van der Waals surface area (Å²) in [7, 11) is 0. The molecule has 5 heteroatoms. The van der Waals surface area contributed by atoms with Crippen molar-refractivity contribution < 1.29 is 13.9 Å². The summed E-state index contributed by atoms with van der Waals surface area (Å²) in [5.74, 6) is 0.384. The summed E-state index contributed by atoms with van der Waals surface area (Å²) in [5.41, 5.74) is 0.741. The summed E-state index contributed by atoms with van der Waals surface area (Å²) in [5, 5.41) is 3.54. The number of ether oxygens (including phenoxy) is 1. The number of hydrogen-bond acceptors (Lipinski definition) is 3. The van der Waals surface area contributed by atoms with Crippen LogP contribution in [0.5, 0.6) is 0 Å². The van der Waals surface area contributed by atoms with E-state index in [4.69, 9.17) is 11.6 Å². The fourth-order valence-electron chi connectivity index (χ4n) is 2.23. The first kappa shape index (κ1) is 18.9. The largest absolute Gasteiger partial charge is 0.462 e. The maximum Gasteiger partial charge on any atom is 0.293 e. The number of nitrogens with one attached hydrogen (secondary N) is 1. The summed E-state index contributed by atoms with van der Waals surface area (Å²) in [4.78, 5) is 9.60. The Morgan fingerprint density at radius 1 is 1.36 bits per heavy atom. The molecular weight excluding hydrogens is 305 g/mol. The molecule has 1 heterocycles. The highest BCUT2D eigenvalue weighted by Crippen LogP contribution is 2.21. The lowest BCUT2D eigenvalue weighted by Gasteiger charge is -2.22. The SMILES string of the molecule is CC(C)(C)OC=O.Fc1cc(CC2CCNCC2)ccc1Cl. The van der Waals surface area contributed by atoms with Crippen molar-refractivity contribution in [2.75, 3.05) is 13.1 Å². The molecule has 1 aliphatic rings. The van der Waals surface area contributed by atoms with Crippen LogP contribution >= 0.6 is 11.6 Å². The molecule has 1 aromatic carbocycles. The number of piperidine rings is 1. The molecule has 0 bridgehead atoms. The Hall–Kier alpha value is -1.13. The van der Waals surface area contributed by atoms with Gasteiger partial charge in [0.1, 0.15) is 11.4 Å². The molecule has 0 spiro atoms. The van der Waals surface area contributed by atoms with Crippen LogP contribution in [0.25, 0.3) is 0 Å². The van der Waals surface area contributed by atoms with Gasteiger partial charge in [0, 0.05) is 0 Å². The Labute approximate surface area is 137 Å². The Morgan fingerprint density at radius 2 is 2.00 bits per heavy atom. The van der Waals surface area contributed by atoms with E-state index in [1.165, 1.54) is 12.8 Å². The molecule has 0 atom stereocenters. The predicted molar refractivity (Wildman–Crippen MR) is 87.6 cm³/mol. The number of rotatable bonds is 3. The number of carbonyl (C=O) groups is 1. The van der Waals surface area contributed by atoms with E-state index in [-0.39, 0.29) is 16.4 Å². The molecule has 2 rings (SSSR count). The first-order chi connectivity index (χ1) is 10.3. The van der Waals surface area contributed by atoms with Crippen LogP contribution in [0.4, 0.5) is 4.39 Å². The Bertz CT molecular complexity index is 468. The highest BCUT2D eigenvalue weighted by atomic mass is 35.5. The normalized spacial score (nSPS) is 15.7. The fourth-order valence-corrected chi connectivity index (χ4v) is 2.35. The summed E-state index contributed by atoms with van der Waals surface area (Å²) in [6, 6.07) is 5.13. The first-order valence-electron chi connectivity index (χ1n) is 7.58. The van der Waals surface area contributed by atoms with Crippen molar-refractivity contribution in [2.24, 2.45) is 5.92 Å².